The maximum Gasteiger partial charge on any atom is 0.252 e. The number of thiophene rings is 1. The van der Waals surface area contributed by atoms with Crippen molar-refractivity contribution in [3.8, 4) is 0 Å². The second kappa shape index (κ2) is 7.76. The zero-order valence-electron chi connectivity index (χ0n) is 16.2. The molecule has 28 heavy (non-hydrogen) atoms. The van der Waals surface area contributed by atoms with Gasteiger partial charge >= 0.3 is 0 Å². The number of amides is 2. The van der Waals surface area contributed by atoms with Crippen molar-refractivity contribution in [3.05, 3.63) is 17.0 Å². The van der Waals surface area contributed by atoms with Gasteiger partial charge in [-0.2, -0.15) is 4.31 Å². The monoisotopic (exact) mass is 425 g/mol. The van der Waals surface area contributed by atoms with Gasteiger partial charge in [0.05, 0.1) is 5.92 Å². The Balaban J connectivity index is 1.36. The molecular weight excluding hydrogens is 398 g/mol. The highest BCUT2D eigenvalue weighted by Gasteiger charge is 2.38. The molecule has 3 fully saturated rings. The number of piperidine rings is 1. The summed E-state index contributed by atoms with van der Waals surface area (Å²) in [6.07, 6.45) is 3.40. The molecule has 3 aliphatic rings. The molecule has 1 aromatic heterocycles. The molecule has 0 aromatic carbocycles. The lowest BCUT2D eigenvalue weighted by molar-refractivity contribution is -0.143. The fourth-order valence-electron chi connectivity index (χ4n) is 4.03. The van der Waals surface area contributed by atoms with Gasteiger partial charge in [0.15, 0.2) is 0 Å². The minimum absolute atomic E-state index is 0.0285. The Morgan fingerprint density at radius 2 is 1.54 bits per heavy atom. The van der Waals surface area contributed by atoms with Crippen LogP contribution in [0.25, 0.3) is 0 Å². The van der Waals surface area contributed by atoms with Crippen LogP contribution in [-0.2, 0) is 19.6 Å². The Hall–Kier alpha value is -1.45. The zero-order chi connectivity index (χ0) is 19.9. The number of sulfonamides is 1. The molecule has 1 aromatic rings. The third kappa shape index (κ3) is 3.97. The van der Waals surface area contributed by atoms with Crippen LogP contribution >= 0.6 is 11.3 Å². The fourth-order valence-corrected chi connectivity index (χ4v) is 7.00. The lowest BCUT2D eigenvalue weighted by atomic mass is 9.97. The van der Waals surface area contributed by atoms with Crippen molar-refractivity contribution in [2.24, 2.45) is 11.8 Å². The van der Waals surface area contributed by atoms with Gasteiger partial charge in [0.25, 0.3) is 10.0 Å². The van der Waals surface area contributed by atoms with Crippen LogP contribution in [0.4, 0.5) is 0 Å². The van der Waals surface area contributed by atoms with E-state index in [0.29, 0.717) is 43.4 Å². The van der Waals surface area contributed by atoms with E-state index in [-0.39, 0.29) is 30.2 Å². The number of carbonyl (C=O) groups excluding carboxylic acids is 2. The second-order valence-electron chi connectivity index (χ2n) is 7.99. The van der Waals surface area contributed by atoms with Gasteiger partial charge in [-0.3, -0.25) is 9.59 Å². The van der Waals surface area contributed by atoms with Gasteiger partial charge in [-0.25, -0.2) is 8.42 Å². The molecule has 9 heteroatoms. The average Bonchev–Trinajstić information content (AvgIpc) is 3.47. The molecule has 2 aliphatic heterocycles. The Morgan fingerprint density at radius 3 is 2.07 bits per heavy atom. The van der Waals surface area contributed by atoms with Crippen LogP contribution < -0.4 is 0 Å². The average molecular weight is 426 g/mol. The largest absolute Gasteiger partial charge is 0.339 e. The molecule has 0 radical (unpaired) electrons. The van der Waals surface area contributed by atoms with E-state index in [9.17, 15) is 18.0 Å². The molecule has 4 rings (SSSR count). The van der Waals surface area contributed by atoms with Gasteiger partial charge in [0.2, 0.25) is 11.8 Å². The molecule has 1 aliphatic carbocycles. The maximum absolute atomic E-state index is 13.0. The number of nitrogens with zero attached hydrogens (tertiary/aromatic N) is 3. The van der Waals surface area contributed by atoms with E-state index >= 15 is 0 Å². The Bertz CT molecular complexity index is 854. The molecular formula is C19H27N3O4S2. The van der Waals surface area contributed by atoms with Gasteiger partial charge in [-0.1, -0.05) is 0 Å². The Kier molecular flexibility index (Phi) is 5.50. The third-order valence-corrected chi connectivity index (χ3v) is 9.21. The number of rotatable bonds is 4. The number of hydrogen-bond donors (Lipinski definition) is 0. The molecule has 0 N–H and O–H groups in total. The van der Waals surface area contributed by atoms with Gasteiger partial charge < -0.3 is 9.80 Å². The highest BCUT2D eigenvalue weighted by molar-refractivity contribution is 7.91. The first-order valence-corrected chi connectivity index (χ1v) is 12.3. The van der Waals surface area contributed by atoms with Crippen molar-refractivity contribution in [2.75, 3.05) is 39.3 Å². The van der Waals surface area contributed by atoms with Crippen LogP contribution in [0.5, 0.6) is 0 Å². The number of aryl methyl sites for hydroxylation is 1. The molecule has 3 heterocycles. The summed E-state index contributed by atoms with van der Waals surface area (Å²) in [5.41, 5.74) is 0. The summed E-state index contributed by atoms with van der Waals surface area (Å²) in [7, 11) is -3.53. The van der Waals surface area contributed by atoms with E-state index in [1.54, 1.807) is 6.07 Å². The van der Waals surface area contributed by atoms with Crippen molar-refractivity contribution in [1.82, 2.24) is 14.1 Å². The molecule has 1 unspecified atom stereocenters. The van der Waals surface area contributed by atoms with E-state index in [1.165, 1.54) is 15.6 Å². The first-order chi connectivity index (χ1) is 13.4. The molecule has 0 spiro atoms. The summed E-state index contributed by atoms with van der Waals surface area (Å²) < 4.78 is 27.6. The van der Waals surface area contributed by atoms with E-state index in [4.69, 9.17) is 0 Å². The van der Waals surface area contributed by atoms with Crippen LogP contribution in [0.15, 0.2) is 16.3 Å². The Labute approximate surface area is 170 Å². The second-order valence-corrected chi connectivity index (χ2v) is 11.4. The molecule has 1 saturated carbocycles. The first-order valence-electron chi connectivity index (χ1n) is 10.0. The standard InChI is InChI=1S/C19H27N3O4S2/c1-14-4-7-17(27-14)28(25,26)22-8-2-3-16(13-22)19(24)21-11-9-20(10-12-21)18(23)15-5-6-15/h4,7,15-16H,2-3,5-6,8-13H2,1H3. The van der Waals surface area contributed by atoms with Crippen LogP contribution in [-0.4, -0.2) is 73.6 Å². The highest BCUT2D eigenvalue weighted by atomic mass is 32.2. The van der Waals surface area contributed by atoms with Crippen molar-refractivity contribution in [2.45, 2.75) is 36.8 Å². The lowest BCUT2D eigenvalue weighted by Crippen LogP contribution is -2.54. The van der Waals surface area contributed by atoms with E-state index in [1.807, 2.05) is 22.8 Å². The van der Waals surface area contributed by atoms with Gasteiger partial charge in [-0.05, 0) is 44.7 Å². The van der Waals surface area contributed by atoms with Crippen LogP contribution in [0, 0.1) is 18.8 Å². The normalized spacial score (nSPS) is 24.4. The van der Waals surface area contributed by atoms with E-state index in [0.717, 1.165) is 24.1 Å². The van der Waals surface area contributed by atoms with E-state index in [2.05, 4.69) is 0 Å². The maximum atomic E-state index is 13.0. The van der Waals surface area contributed by atoms with Gasteiger partial charge in [0, 0.05) is 50.1 Å². The molecule has 154 valence electrons. The minimum atomic E-state index is -3.53. The predicted octanol–water partition coefficient (Wildman–Crippen LogP) is 1.54. The van der Waals surface area contributed by atoms with Crippen molar-refractivity contribution < 1.29 is 18.0 Å². The molecule has 2 amide bonds. The summed E-state index contributed by atoms with van der Waals surface area (Å²) in [5, 5.41) is 0. The zero-order valence-corrected chi connectivity index (χ0v) is 17.8. The summed E-state index contributed by atoms with van der Waals surface area (Å²) in [6, 6.07) is 3.46. The molecule has 0 bridgehead atoms. The summed E-state index contributed by atoms with van der Waals surface area (Å²) in [4.78, 5) is 29.8. The SMILES string of the molecule is Cc1ccc(S(=O)(=O)N2CCCC(C(=O)N3CCN(C(=O)C4CC4)CC3)C2)s1. The first kappa shape index (κ1) is 19.8. The summed E-state index contributed by atoms with van der Waals surface area (Å²) >= 11 is 1.27. The smallest absolute Gasteiger partial charge is 0.252 e. The Morgan fingerprint density at radius 1 is 0.929 bits per heavy atom. The number of piperazine rings is 1. The van der Waals surface area contributed by atoms with Crippen LogP contribution in [0.2, 0.25) is 0 Å². The van der Waals surface area contributed by atoms with Crippen molar-refractivity contribution in [3.63, 3.8) is 0 Å². The summed E-state index contributed by atoms with van der Waals surface area (Å²) in [6.45, 7) is 4.87. The molecule has 7 nitrogen and oxygen atoms in total. The van der Waals surface area contributed by atoms with Crippen LogP contribution in [0.3, 0.4) is 0 Å². The highest BCUT2D eigenvalue weighted by Crippen LogP contribution is 2.32. The van der Waals surface area contributed by atoms with Crippen molar-refractivity contribution in [1.29, 1.82) is 0 Å². The van der Waals surface area contributed by atoms with Crippen LogP contribution in [0.1, 0.15) is 30.6 Å². The van der Waals surface area contributed by atoms with Crippen molar-refractivity contribution >= 4 is 33.2 Å². The lowest BCUT2D eigenvalue weighted by Gasteiger charge is -2.38. The quantitative estimate of drug-likeness (QED) is 0.733. The predicted molar refractivity (Wildman–Crippen MR) is 106 cm³/mol. The third-order valence-electron chi connectivity index (χ3n) is 5.87. The fraction of sp³-hybridized carbons (Fsp3) is 0.684. The van der Waals surface area contributed by atoms with E-state index < -0.39 is 10.0 Å². The topological polar surface area (TPSA) is 78.0 Å². The van der Waals surface area contributed by atoms with Gasteiger partial charge in [-0.15, -0.1) is 11.3 Å². The number of hydrogen-bond acceptors (Lipinski definition) is 5. The minimum Gasteiger partial charge on any atom is -0.339 e. The number of carbonyl (C=O) groups is 2. The molecule has 2 saturated heterocycles. The van der Waals surface area contributed by atoms with Gasteiger partial charge in [0.1, 0.15) is 4.21 Å². The molecule has 1 atom stereocenters. The summed E-state index contributed by atoms with van der Waals surface area (Å²) in [5.74, 6) is 0.171.